The van der Waals surface area contributed by atoms with Crippen molar-refractivity contribution in [2.45, 2.75) is 13.8 Å². The van der Waals surface area contributed by atoms with Crippen LogP contribution in [0.15, 0.2) is 42.5 Å². The Labute approximate surface area is 139 Å². The van der Waals surface area contributed by atoms with E-state index in [4.69, 9.17) is 23.8 Å². The normalized spacial score (nSPS) is 9.95. The van der Waals surface area contributed by atoms with E-state index in [9.17, 15) is 4.79 Å². The molecule has 1 amide bonds. The molecule has 0 spiro atoms. The van der Waals surface area contributed by atoms with Crippen molar-refractivity contribution in [1.82, 2.24) is 10.9 Å². The first-order valence-electron chi connectivity index (χ1n) is 6.67. The molecule has 2 rings (SSSR count). The minimum atomic E-state index is -0.351. The molecular weight excluding hydrogens is 318 g/mol. The van der Waals surface area contributed by atoms with Gasteiger partial charge in [-0.1, -0.05) is 41.9 Å². The van der Waals surface area contributed by atoms with Crippen LogP contribution in [0.4, 0.5) is 5.69 Å². The van der Waals surface area contributed by atoms with Crippen LogP contribution in [0.3, 0.4) is 0 Å². The van der Waals surface area contributed by atoms with Crippen molar-refractivity contribution in [1.29, 1.82) is 0 Å². The number of carbonyl (C=O) groups is 1. The number of hydrogen-bond donors (Lipinski definition) is 3. The molecule has 6 heteroatoms. The Morgan fingerprint density at radius 3 is 2.27 bits per heavy atom. The zero-order valence-corrected chi connectivity index (χ0v) is 13.8. The van der Waals surface area contributed by atoms with Crippen LogP contribution >= 0.6 is 23.8 Å². The average Bonchev–Trinajstić information content (AvgIpc) is 2.49. The number of hydrogen-bond acceptors (Lipinski definition) is 2. The predicted octanol–water partition coefficient (Wildman–Crippen LogP) is 3.59. The maximum absolute atomic E-state index is 12.0. The third-order valence-corrected chi connectivity index (χ3v) is 3.66. The number of nitrogens with one attached hydrogen (secondary N) is 3. The molecule has 0 aliphatic rings. The van der Waals surface area contributed by atoms with Crippen LogP contribution in [-0.4, -0.2) is 11.0 Å². The summed E-state index contributed by atoms with van der Waals surface area (Å²) < 4.78 is 0. The van der Waals surface area contributed by atoms with Crippen molar-refractivity contribution in [3.05, 3.63) is 64.2 Å². The topological polar surface area (TPSA) is 53.2 Å². The highest BCUT2D eigenvalue weighted by Gasteiger charge is 2.10. The van der Waals surface area contributed by atoms with Gasteiger partial charge in [0.05, 0.1) is 10.6 Å². The van der Waals surface area contributed by atoms with Gasteiger partial charge < -0.3 is 5.32 Å². The monoisotopic (exact) mass is 333 g/mol. The Hall–Kier alpha value is -2.11. The minimum absolute atomic E-state index is 0.304. The van der Waals surface area contributed by atoms with E-state index in [0.717, 1.165) is 16.8 Å². The molecule has 0 saturated heterocycles. The van der Waals surface area contributed by atoms with Gasteiger partial charge >= 0.3 is 0 Å². The van der Waals surface area contributed by atoms with E-state index < -0.39 is 0 Å². The number of thiocarbonyl (C=S) groups is 1. The van der Waals surface area contributed by atoms with E-state index >= 15 is 0 Å². The summed E-state index contributed by atoms with van der Waals surface area (Å²) in [5, 5.41) is 3.76. The van der Waals surface area contributed by atoms with E-state index in [2.05, 4.69) is 16.2 Å². The molecule has 0 atom stereocenters. The lowest BCUT2D eigenvalue weighted by molar-refractivity contribution is 0.0944. The highest BCUT2D eigenvalue weighted by atomic mass is 35.5. The molecule has 0 heterocycles. The molecule has 0 aromatic heterocycles. The maximum Gasteiger partial charge on any atom is 0.271 e. The molecular formula is C16H16ClN3OS. The van der Waals surface area contributed by atoms with Crippen molar-refractivity contribution in [2.24, 2.45) is 0 Å². The summed E-state index contributed by atoms with van der Waals surface area (Å²) in [5.41, 5.74) is 8.64. The minimum Gasteiger partial charge on any atom is -0.331 e. The van der Waals surface area contributed by atoms with Crippen molar-refractivity contribution in [3.8, 4) is 0 Å². The van der Waals surface area contributed by atoms with Gasteiger partial charge in [-0.15, -0.1) is 0 Å². The molecule has 0 radical (unpaired) electrons. The Bertz CT molecular complexity index is 698. The standard InChI is InChI=1S/C16H16ClN3OS/c1-10-6-5-7-11(2)14(10)18-16(22)20-19-15(21)12-8-3-4-9-13(12)17/h3-9H,1-2H3,(H,19,21)(H2,18,20,22). The third kappa shape index (κ3) is 3.96. The van der Waals surface area contributed by atoms with Gasteiger partial charge in [0.15, 0.2) is 5.11 Å². The average molecular weight is 334 g/mol. The summed E-state index contributed by atoms with van der Waals surface area (Å²) in [4.78, 5) is 12.0. The van der Waals surface area contributed by atoms with Gasteiger partial charge in [0.2, 0.25) is 0 Å². The summed E-state index contributed by atoms with van der Waals surface area (Å²) in [7, 11) is 0. The van der Waals surface area contributed by atoms with Crippen LogP contribution in [0, 0.1) is 13.8 Å². The lowest BCUT2D eigenvalue weighted by atomic mass is 10.1. The highest BCUT2D eigenvalue weighted by Crippen LogP contribution is 2.19. The number of benzene rings is 2. The van der Waals surface area contributed by atoms with E-state index in [1.807, 2.05) is 32.0 Å². The molecule has 3 N–H and O–H groups in total. The highest BCUT2D eigenvalue weighted by molar-refractivity contribution is 7.80. The molecule has 0 saturated carbocycles. The van der Waals surface area contributed by atoms with Gasteiger partial charge in [0.1, 0.15) is 0 Å². The van der Waals surface area contributed by atoms with Gasteiger partial charge in [0.25, 0.3) is 5.91 Å². The van der Waals surface area contributed by atoms with Crippen LogP contribution in [0.25, 0.3) is 0 Å². The van der Waals surface area contributed by atoms with Crippen LogP contribution in [0.2, 0.25) is 5.02 Å². The number of halogens is 1. The Morgan fingerprint density at radius 2 is 1.64 bits per heavy atom. The molecule has 114 valence electrons. The first kappa shape index (κ1) is 16.3. The fraction of sp³-hybridized carbons (Fsp3) is 0.125. The fourth-order valence-corrected chi connectivity index (χ4v) is 2.36. The molecule has 0 bridgehead atoms. The van der Waals surface area contributed by atoms with Crippen LogP contribution in [-0.2, 0) is 0 Å². The molecule has 2 aromatic rings. The molecule has 2 aromatic carbocycles. The van der Waals surface area contributed by atoms with Crippen molar-refractivity contribution < 1.29 is 4.79 Å². The number of carbonyl (C=O) groups excluding carboxylic acids is 1. The molecule has 22 heavy (non-hydrogen) atoms. The van der Waals surface area contributed by atoms with Crippen LogP contribution < -0.4 is 16.2 Å². The molecule has 0 unspecified atom stereocenters. The number of para-hydroxylation sites is 1. The second kappa shape index (κ2) is 7.24. The summed E-state index contributed by atoms with van der Waals surface area (Å²) in [6.07, 6.45) is 0. The number of rotatable bonds is 2. The number of amides is 1. The third-order valence-electron chi connectivity index (χ3n) is 3.13. The van der Waals surface area contributed by atoms with Crippen molar-refractivity contribution >= 4 is 40.5 Å². The summed E-state index contributed by atoms with van der Waals surface area (Å²) in [5.74, 6) is -0.351. The first-order valence-corrected chi connectivity index (χ1v) is 7.45. The smallest absolute Gasteiger partial charge is 0.271 e. The fourth-order valence-electron chi connectivity index (χ4n) is 1.98. The van der Waals surface area contributed by atoms with Crippen LogP contribution in [0.5, 0.6) is 0 Å². The van der Waals surface area contributed by atoms with Crippen LogP contribution in [0.1, 0.15) is 21.5 Å². The second-order valence-electron chi connectivity index (χ2n) is 4.78. The lowest BCUT2D eigenvalue weighted by Crippen LogP contribution is -2.44. The van der Waals surface area contributed by atoms with E-state index in [-0.39, 0.29) is 5.91 Å². The summed E-state index contributed by atoms with van der Waals surface area (Å²) >= 11 is 11.2. The predicted molar refractivity (Wildman–Crippen MR) is 94.2 cm³/mol. The molecule has 0 fully saturated rings. The lowest BCUT2D eigenvalue weighted by Gasteiger charge is -2.15. The SMILES string of the molecule is Cc1cccc(C)c1NC(=S)NNC(=O)c1ccccc1Cl. The zero-order valence-electron chi connectivity index (χ0n) is 12.2. The largest absolute Gasteiger partial charge is 0.331 e. The van der Waals surface area contributed by atoms with Gasteiger partial charge in [-0.25, -0.2) is 0 Å². The summed E-state index contributed by atoms with van der Waals surface area (Å²) in [6, 6.07) is 12.8. The second-order valence-corrected chi connectivity index (χ2v) is 5.60. The van der Waals surface area contributed by atoms with Gasteiger partial charge in [0, 0.05) is 5.69 Å². The Kier molecular flexibility index (Phi) is 5.35. The first-order chi connectivity index (χ1) is 10.5. The molecule has 4 nitrogen and oxygen atoms in total. The Balaban J connectivity index is 1.96. The van der Waals surface area contributed by atoms with E-state index in [1.54, 1.807) is 24.3 Å². The number of hydrazine groups is 1. The van der Waals surface area contributed by atoms with Gasteiger partial charge in [-0.2, -0.15) is 0 Å². The number of anilines is 1. The molecule has 0 aliphatic heterocycles. The Morgan fingerprint density at radius 1 is 1.00 bits per heavy atom. The van der Waals surface area contributed by atoms with E-state index in [0.29, 0.717) is 15.7 Å². The van der Waals surface area contributed by atoms with Crippen molar-refractivity contribution in [2.75, 3.05) is 5.32 Å². The molecule has 0 aliphatic carbocycles. The quantitative estimate of drug-likeness (QED) is 0.580. The number of aryl methyl sites for hydroxylation is 2. The van der Waals surface area contributed by atoms with Crippen molar-refractivity contribution in [3.63, 3.8) is 0 Å². The zero-order chi connectivity index (χ0) is 16.1. The summed E-state index contributed by atoms with van der Waals surface area (Å²) in [6.45, 7) is 3.97. The maximum atomic E-state index is 12.0. The van der Waals surface area contributed by atoms with Gasteiger partial charge in [-0.05, 0) is 49.3 Å². The van der Waals surface area contributed by atoms with Gasteiger partial charge in [-0.3, -0.25) is 15.6 Å². The van der Waals surface area contributed by atoms with E-state index in [1.165, 1.54) is 0 Å².